The molecule has 4 aromatic rings. The lowest BCUT2D eigenvalue weighted by Gasteiger charge is -2.04. The molecule has 0 saturated carbocycles. The number of ether oxygens (including phenoxy) is 2. The number of methoxy groups -OCH3 is 2. The molecule has 8 nitrogen and oxygen atoms in total. The molecule has 0 aliphatic carbocycles. The van der Waals surface area contributed by atoms with Crippen LogP contribution >= 0.6 is 0 Å². The summed E-state index contributed by atoms with van der Waals surface area (Å²) in [6.07, 6.45) is 10.2. The summed E-state index contributed by atoms with van der Waals surface area (Å²) >= 11 is 0. The minimum Gasteiger partial charge on any atom is -0.504 e. The molecule has 2 aromatic carbocycles. The van der Waals surface area contributed by atoms with Crippen LogP contribution in [0.25, 0.3) is 24.3 Å². The summed E-state index contributed by atoms with van der Waals surface area (Å²) in [5.74, 6) is 0.497. The number of pyridine rings is 1. The maximum Gasteiger partial charge on any atom is 0.278 e. The van der Waals surface area contributed by atoms with Gasteiger partial charge in [0.2, 0.25) is 0 Å². The van der Waals surface area contributed by atoms with Gasteiger partial charge in [0, 0.05) is 18.0 Å². The predicted molar refractivity (Wildman–Crippen MR) is 133 cm³/mol. The summed E-state index contributed by atoms with van der Waals surface area (Å²) in [6, 6.07) is 15.0. The van der Waals surface area contributed by atoms with Crippen molar-refractivity contribution in [3.63, 3.8) is 0 Å². The molecule has 0 unspecified atom stereocenters. The number of aromatic hydroxyl groups is 2. The van der Waals surface area contributed by atoms with Gasteiger partial charge in [-0.25, -0.2) is 0 Å². The minimum atomic E-state index is -0.304. The van der Waals surface area contributed by atoms with Crippen molar-refractivity contribution in [1.29, 1.82) is 0 Å². The van der Waals surface area contributed by atoms with Crippen LogP contribution in [0.4, 0.5) is 0 Å². The summed E-state index contributed by atoms with van der Waals surface area (Å²) in [7, 11) is 2.96. The van der Waals surface area contributed by atoms with Crippen molar-refractivity contribution in [2.45, 2.75) is 0 Å². The van der Waals surface area contributed by atoms with Crippen LogP contribution in [0.3, 0.4) is 0 Å². The van der Waals surface area contributed by atoms with Crippen LogP contribution in [0.1, 0.15) is 32.9 Å². The first-order chi connectivity index (χ1) is 17.0. The van der Waals surface area contributed by atoms with Gasteiger partial charge in [-0.05, 0) is 65.7 Å². The molecule has 0 fully saturated rings. The Morgan fingerprint density at radius 3 is 1.94 bits per heavy atom. The molecule has 0 aliphatic rings. The van der Waals surface area contributed by atoms with Crippen LogP contribution in [0.2, 0.25) is 0 Å². The predicted octanol–water partition coefficient (Wildman–Crippen LogP) is 4.74. The molecule has 35 heavy (non-hydrogen) atoms. The molecule has 0 spiro atoms. The van der Waals surface area contributed by atoms with Crippen molar-refractivity contribution >= 4 is 30.2 Å². The number of carbonyl (C=O) groups is 1. The van der Waals surface area contributed by atoms with E-state index in [9.17, 15) is 15.0 Å². The number of benzene rings is 2. The van der Waals surface area contributed by atoms with Gasteiger partial charge in [-0.1, -0.05) is 24.3 Å². The number of hydrogen-bond donors (Lipinski definition) is 2. The van der Waals surface area contributed by atoms with Crippen LogP contribution in [-0.4, -0.2) is 45.1 Å². The fraction of sp³-hybridized carbons (Fsp3) is 0.0741. The third-order valence-corrected chi connectivity index (χ3v) is 5.18. The van der Waals surface area contributed by atoms with Crippen LogP contribution in [0, 0.1) is 0 Å². The number of carbonyl (C=O) groups excluding carboxylic acids is 1. The van der Waals surface area contributed by atoms with E-state index < -0.39 is 0 Å². The molecule has 2 heterocycles. The number of phenols is 2. The number of nitrogens with zero attached hydrogens (tertiary/aromatic N) is 3. The third-order valence-electron chi connectivity index (χ3n) is 5.18. The molecule has 0 amide bonds. The Labute approximate surface area is 202 Å². The zero-order chi connectivity index (χ0) is 24.8. The van der Waals surface area contributed by atoms with E-state index in [0.29, 0.717) is 28.5 Å². The van der Waals surface area contributed by atoms with Crippen LogP contribution in [0.5, 0.6) is 23.0 Å². The van der Waals surface area contributed by atoms with Gasteiger partial charge in [0.15, 0.2) is 23.0 Å². The smallest absolute Gasteiger partial charge is 0.278 e. The van der Waals surface area contributed by atoms with E-state index in [0.717, 1.165) is 11.1 Å². The van der Waals surface area contributed by atoms with Gasteiger partial charge in [0.1, 0.15) is 0 Å². The van der Waals surface area contributed by atoms with Gasteiger partial charge in [-0.2, -0.15) is 9.78 Å². The Morgan fingerprint density at radius 1 is 0.800 bits per heavy atom. The van der Waals surface area contributed by atoms with E-state index in [1.165, 1.54) is 25.0 Å². The standard InChI is InChI=1S/C27H23N3O5/c1-34-25-15-18(5-9-23(25)31)3-7-21-17-22(8-4-19-6-10-24(32)26(16-19)35-2)30(29-21)27(33)20-11-13-28-14-12-20/h3-17,31-32H,1-2H3/b7-3+,8-4+. The van der Waals surface area contributed by atoms with Crippen LogP contribution in [0.15, 0.2) is 67.0 Å². The SMILES string of the molecule is COc1cc(/C=C/c2cc(/C=C/c3ccc(O)c(OC)c3)n(C(=O)c3ccncc3)n2)ccc1O. The number of rotatable bonds is 7. The second kappa shape index (κ2) is 10.4. The van der Waals surface area contributed by atoms with Crippen molar-refractivity contribution < 1.29 is 24.5 Å². The highest BCUT2D eigenvalue weighted by Gasteiger charge is 2.14. The van der Waals surface area contributed by atoms with Gasteiger partial charge in [0.05, 0.1) is 25.6 Å². The van der Waals surface area contributed by atoms with Gasteiger partial charge in [0.25, 0.3) is 5.91 Å². The molecular formula is C27H23N3O5. The first-order valence-electron chi connectivity index (χ1n) is 10.6. The highest BCUT2D eigenvalue weighted by molar-refractivity contribution is 5.97. The molecule has 2 aromatic heterocycles. The summed E-state index contributed by atoms with van der Waals surface area (Å²) in [6.45, 7) is 0. The molecule has 4 rings (SSSR count). The van der Waals surface area contributed by atoms with Gasteiger partial charge in [-0.15, -0.1) is 0 Å². The first kappa shape index (κ1) is 23.3. The van der Waals surface area contributed by atoms with Gasteiger partial charge >= 0.3 is 0 Å². The van der Waals surface area contributed by atoms with Gasteiger partial charge in [-0.3, -0.25) is 9.78 Å². The van der Waals surface area contributed by atoms with E-state index in [4.69, 9.17) is 9.47 Å². The minimum absolute atomic E-state index is 0.0424. The second-order valence-electron chi connectivity index (χ2n) is 7.48. The van der Waals surface area contributed by atoms with Crippen LogP contribution in [-0.2, 0) is 0 Å². The van der Waals surface area contributed by atoms with E-state index in [1.807, 2.05) is 6.08 Å². The zero-order valence-electron chi connectivity index (χ0n) is 19.1. The Hall–Kier alpha value is -4.85. The van der Waals surface area contributed by atoms with E-state index in [2.05, 4.69) is 10.1 Å². The molecule has 0 saturated heterocycles. The molecular weight excluding hydrogens is 446 g/mol. The summed E-state index contributed by atoms with van der Waals surface area (Å²) < 4.78 is 11.6. The maximum absolute atomic E-state index is 13.1. The molecule has 8 heteroatoms. The lowest BCUT2D eigenvalue weighted by molar-refractivity contribution is 0.0944. The molecule has 2 N–H and O–H groups in total. The Kier molecular flexibility index (Phi) is 6.92. The molecule has 0 bridgehead atoms. The number of hydrogen-bond acceptors (Lipinski definition) is 7. The maximum atomic E-state index is 13.1. The average Bonchev–Trinajstić information content (AvgIpc) is 3.30. The molecule has 176 valence electrons. The summed E-state index contributed by atoms with van der Waals surface area (Å²) in [5, 5.41) is 24.1. The summed E-state index contributed by atoms with van der Waals surface area (Å²) in [4.78, 5) is 17.1. The van der Waals surface area contributed by atoms with Crippen molar-refractivity contribution in [2.75, 3.05) is 14.2 Å². The Morgan fingerprint density at radius 2 is 1.37 bits per heavy atom. The zero-order valence-corrected chi connectivity index (χ0v) is 19.1. The average molecular weight is 469 g/mol. The highest BCUT2D eigenvalue weighted by Crippen LogP contribution is 2.28. The van der Waals surface area contributed by atoms with Gasteiger partial charge < -0.3 is 19.7 Å². The van der Waals surface area contributed by atoms with Crippen molar-refractivity contribution in [3.8, 4) is 23.0 Å². The lowest BCUT2D eigenvalue weighted by atomic mass is 10.1. The topological polar surface area (TPSA) is 107 Å². The fourth-order valence-electron chi connectivity index (χ4n) is 3.35. The fourth-order valence-corrected chi connectivity index (χ4v) is 3.35. The first-order valence-corrected chi connectivity index (χ1v) is 10.6. The Balaban J connectivity index is 1.69. The second-order valence-corrected chi connectivity index (χ2v) is 7.48. The van der Waals surface area contributed by atoms with E-state index >= 15 is 0 Å². The van der Waals surface area contributed by atoms with Crippen LogP contribution < -0.4 is 9.47 Å². The summed E-state index contributed by atoms with van der Waals surface area (Å²) in [5.41, 5.74) is 3.13. The van der Waals surface area contributed by atoms with E-state index in [1.54, 1.807) is 79.2 Å². The number of aromatic nitrogens is 3. The number of phenolic OH excluding ortho intramolecular Hbond substituents is 2. The van der Waals surface area contributed by atoms with E-state index in [-0.39, 0.29) is 17.4 Å². The molecule has 0 radical (unpaired) electrons. The normalized spacial score (nSPS) is 11.3. The van der Waals surface area contributed by atoms with Crippen molar-refractivity contribution in [3.05, 3.63) is 95.1 Å². The molecule has 0 aliphatic heterocycles. The quantitative estimate of drug-likeness (QED) is 0.403. The largest absolute Gasteiger partial charge is 0.504 e. The Bertz CT molecular complexity index is 1410. The van der Waals surface area contributed by atoms with Crippen molar-refractivity contribution in [1.82, 2.24) is 14.8 Å². The third kappa shape index (κ3) is 5.39. The monoisotopic (exact) mass is 469 g/mol. The highest BCUT2D eigenvalue weighted by atomic mass is 16.5. The molecule has 0 atom stereocenters. The van der Waals surface area contributed by atoms with Crippen molar-refractivity contribution in [2.24, 2.45) is 0 Å². The lowest BCUT2D eigenvalue weighted by Crippen LogP contribution is -2.15.